The van der Waals surface area contributed by atoms with Crippen molar-refractivity contribution in [3.63, 3.8) is 0 Å². The van der Waals surface area contributed by atoms with E-state index >= 15 is 0 Å². The predicted molar refractivity (Wildman–Crippen MR) is 39.7 cm³/mol. The van der Waals surface area contributed by atoms with Gasteiger partial charge in [-0.2, -0.15) is 6.08 Å². The Morgan fingerprint density at radius 2 is 2.00 bits per heavy atom. The summed E-state index contributed by atoms with van der Waals surface area (Å²) < 4.78 is 0. The van der Waals surface area contributed by atoms with Gasteiger partial charge in [0.2, 0.25) is 0 Å². The Hall–Kier alpha value is 0.683. The first kappa shape index (κ1) is 12.4. The molecule has 0 aliphatic heterocycles. The van der Waals surface area contributed by atoms with Gasteiger partial charge in [-0.1, -0.05) is 0 Å². The van der Waals surface area contributed by atoms with Gasteiger partial charge in [0.05, 0.1) is 0 Å². The molecule has 0 spiro atoms. The van der Waals surface area contributed by atoms with Gasteiger partial charge in [-0.15, -0.1) is 6.42 Å². The van der Waals surface area contributed by atoms with E-state index in [1.165, 1.54) is 0 Å². The Kier molecular flexibility index (Phi) is 15.8. The number of hydrogen-bond acceptors (Lipinski definition) is 0. The number of allylic oxidation sites excluding steroid dienone is 4. The third-order valence-electron chi connectivity index (χ3n) is 0.586. The van der Waals surface area contributed by atoms with E-state index in [1.54, 1.807) is 0 Å². The first-order valence-corrected chi connectivity index (χ1v) is 6.19. The van der Waals surface area contributed by atoms with Crippen molar-refractivity contribution in [2.45, 2.75) is 6.42 Å². The van der Waals surface area contributed by atoms with Gasteiger partial charge in [-0.3, -0.25) is 6.08 Å². The molecule has 1 rings (SSSR count). The summed E-state index contributed by atoms with van der Waals surface area (Å²) in [6.07, 6.45) is 10.0. The Labute approximate surface area is 72.6 Å². The summed E-state index contributed by atoms with van der Waals surface area (Å²) in [5.74, 6) is 0. The standard InChI is InChI=1S/C5H5.CH3.2ClH.Rh/c1-2-4-5-3-1;;;;/h1-3H,4H2;1H3;2*1H;/q2*-1;;;+2/p-2. The number of rotatable bonds is 0. The van der Waals surface area contributed by atoms with Gasteiger partial charge < -0.3 is 7.43 Å². The molecule has 0 aromatic heterocycles. The van der Waals surface area contributed by atoms with Crippen molar-refractivity contribution >= 4 is 19.4 Å². The van der Waals surface area contributed by atoms with Crippen LogP contribution in [0.2, 0.25) is 0 Å². The molecule has 3 heteroatoms. The molecule has 57 valence electrons. The van der Waals surface area contributed by atoms with Gasteiger partial charge in [-0.05, 0) is 0 Å². The minimum absolute atomic E-state index is 0. The molecule has 0 N–H and O–H groups in total. The summed E-state index contributed by atoms with van der Waals surface area (Å²) >= 11 is -0.226. The SMILES string of the molecule is [C-]1=CC=CC1.[CH3-].[Cl][Rh][Cl]. The summed E-state index contributed by atoms with van der Waals surface area (Å²) in [6, 6.07) is 0. The zero-order valence-electron chi connectivity index (χ0n) is 5.03. The van der Waals surface area contributed by atoms with Crippen molar-refractivity contribution in [3.8, 4) is 0 Å². The fraction of sp³-hybridized carbons (Fsp3) is 0.167. The van der Waals surface area contributed by atoms with E-state index in [1.807, 2.05) is 12.2 Å². The van der Waals surface area contributed by atoms with Crippen LogP contribution in [0.4, 0.5) is 0 Å². The molecule has 0 unspecified atom stereocenters. The summed E-state index contributed by atoms with van der Waals surface area (Å²) in [7, 11) is 9.67. The van der Waals surface area contributed by atoms with Crippen LogP contribution in [0.5, 0.6) is 0 Å². The Bertz CT molecular complexity index is 79.1. The Morgan fingerprint density at radius 3 is 2.11 bits per heavy atom. The Morgan fingerprint density at radius 1 is 1.44 bits per heavy atom. The molecule has 0 nitrogen and oxygen atoms in total. The second kappa shape index (κ2) is 11.5. The average Bonchev–Trinajstić information content (AvgIpc) is 2.17. The van der Waals surface area contributed by atoms with Gasteiger partial charge in [0.15, 0.2) is 0 Å². The van der Waals surface area contributed by atoms with Crippen molar-refractivity contribution in [2.75, 3.05) is 0 Å². The fourth-order valence-corrected chi connectivity index (χ4v) is 0.340. The molecule has 0 saturated carbocycles. The van der Waals surface area contributed by atoms with Crippen molar-refractivity contribution in [1.82, 2.24) is 0 Å². The molecule has 1 aliphatic rings. The van der Waals surface area contributed by atoms with Gasteiger partial charge in [0.25, 0.3) is 0 Å². The van der Waals surface area contributed by atoms with E-state index in [2.05, 4.69) is 12.2 Å². The molecule has 0 heterocycles. The van der Waals surface area contributed by atoms with Crippen molar-refractivity contribution in [3.05, 3.63) is 31.7 Å². The second-order valence-corrected chi connectivity index (χ2v) is 3.54. The molecule has 1 aliphatic carbocycles. The molecule has 0 saturated heterocycles. The van der Waals surface area contributed by atoms with Gasteiger partial charge in [0.1, 0.15) is 0 Å². The number of hydrogen-bond donors (Lipinski definition) is 0. The monoisotopic (exact) mass is 253 g/mol. The van der Waals surface area contributed by atoms with Crippen LogP contribution in [0.15, 0.2) is 18.2 Å². The molecule has 0 fully saturated rings. The van der Waals surface area contributed by atoms with E-state index in [9.17, 15) is 0 Å². The molecule has 0 atom stereocenters. The molecule has 0 radical (unpaired) electrons. The zero-order valence-corrected chi connectivity index (χ0v) is 8.18. The molecular formula is C6H8Cl2Rh-2. The van der Waals surface area contributed by atoms with Crippen LogP contribution in [0.25, 0.3) is 0 Å². The maximum atomic E-state index is 4.83. The van der Waals surface area contributed by atoms with Crippen LogP contribution in [0.3, 0.4) is 0 Å². The molecule has 0 aromatic rings. The quantitative estimate of drug-likeness (QED) is 0.460. The minimum atomic E-state index is -0.226. The van der Waals surface area contributed by atoms with Crippen LogP contribution < -0.4 is 0 Å². The van der Waals surface area contributed by atoms with Crippen LogP contribution in [0.1, 0.15) is 6.42 Å². The average molecular weight is 254 g/mol. The summed E-state index contributed by atoms with van der Waals surface area (Å²) in [4.78, 5) is 0. The van der Waals surface area contributed by atoms with E-state index < -0.39 is 0 Å². The van der Waals surface area contributed by atoms with Gasteiger partial charge in [0, 0.05) is 0 Å². The van der Waals surface area contributed by atoms with Crippen LogP contribution in [-0.2, 0) is 15.1 Å². The van der Waals surface area contributed by atoms with Gasteiger partial charge >= 0.3 is 34.5 Å². The third kappa shape index (κ3) is 12.0. The van der Waals surface area contributed by atoms with E-state index in [4.69, 9.17) is 19.4 Å². The zero-order chi connectivity index (χ0) is 6.24. The fourth-order valence-electron chi connectivity index (χ4n) is 0.340. The van der Waals surface area contributed by atoms with E-state index in [-0.39, 0.29) is 22.6 Å². The van der Waals surface area contributed by atoms with Crippen LogP contribution in [0, 0.1) is 13.5 Å². The molecule has 0 amide bonds. The topological polar surface area (TPSA) is 0 Å². The number of halogens is 2. The molecular weight excluding hydrogens is 246 g/mol. The second-order valence-electron chi connectivity index (χ2n) is 1.05. The normalized spacial score (nSPS) is 12.2. The van der Waals surface area contributed by atoms with Crippen molar-refractivity contribution < 1.29 is 15.1 Å². The molecule has 9 heavy (non-hydrogen) atoms. The van der Waals surface area contributed by atoms with Crippen molar-refractivity contribution in [2.24, 2.45) is 0 Å². The van der Waals surface area contributed by atoms with Crippen LogP contribution >= 0.6 is 19.4 Å². The molecule has 0 bridgehead atoms. The van der Waals surface area contributed by atoms with Crippen LogP contribution in [-0.4, -0.2) is 0 Å². The Balaban J connectivity index is 0. The summed E-state index contributed by atoms with van der Waals surface area (Å²) in [6.45, 7) is 0. The summed E-state index contributed by atoms with van der Waals surface area (Å²) in [5.41, 5.74) is 0. The molecule has 0 aromatic carbocycles. The predicted octanol–water partition coefficient (Wildman–Crippen LogP) is 3.13. The van der Waals surface area contributed by atoms with E-state index in [0.717, 1.165) is 6.42 Å². The van der Waals surface area contributed by atoms with Crippen molar-refractivity contribution in [1.29, 1.82) is 0 Å². The first-order valence-electron chi connectivity index (χ1n) is 1.97. The van der Waals surface area contributed by atoms with Gasteiger partial charge in [-0.25, -0.2) is 12.2 Å². The maximum absolute atomic E-state index is 4.83. The summed E-state index contributed by atoms with van der Waals surface area (Å²) in [5, 5.41) is 0. The van der Waals surface area contributed by atoms with E-state index in [0.29, 0.717) is 0 Å². The first-order chi connectivity index (χ1) is 3.91. The third-order valence-corrected chi connectivity index (χ3v) is 0.586.